The first-order valence-corrected chi connectivity index (χ1v) is 9.89. The van der Waals surface area contributed by atoms with Gasteiger partial charge in [-0.25, -0.2) is 9.89 Å². The molecule has 2 heterocycles. The minimum absolute atomic E-state index is 0.0816. The number of guanidine groups is 1. The van der Waals surface area contributed by atoms with E-state index in [1.807, 2.05) is 35.2 Å². The number of anilines is 1. The topological polar surface area (TPSA) is 35.9 Å². The monoisotopic (exact) mass is 361 g/mol. The normalized spacial score (nSPS) is 20.9. The molecule has 27 heavy (non-hydrogen) atoms. The maximum absolute atomic E-state index is 13.3. The predicted octanol–water partition coefficient (Wildman–Crippen LogP) is 4.04. The zero-order chi connectivity index (χ0) is 18.8. The Kier molecular flexibility index (Phi) is 4.97. The molecule has 140 valence electrons. The summed E-state index contributed by atoms with van der Waals surface area (Å²) in [5.74, 6) is 1.66. The molecular weight excluding hydrogens is 334 g/mol. The third kappa shape index (κ3) is 3.75. The molecule has 0 bridgehead atoms. The summed E-state index contributed by atoms with van der Waals surface area (Å²) in [6, 6.07) is 18.0. The maximum Gasteiger partial charge on any atom is 0.259 e. The summed E-state index contributed by atoms with van der Waals surface area (Å²) in [6.45, 7) is 6.29. The van der Waals surface area contributed by atoms with Gasteiger partial charge in [0.1, 0.15) is 6.04 Å². The number of piperidine rings is 1. The van der Waals surface area contributed by atoms with E-state index in [0.717, 1.165) is 54.6 Å². The van der Waals surface area contributed by atoms with Crippen molar-refractivity contribution in [3.05, 3.63) is 65.7 Å². The zero-order valence-electron chi connectivity index (χ0n) is 16.1. The van der Waals surface area contributed by atoms with E-state index in [0.29, 0.717) is 6.42 Å². The van der Waals surface area contributed by atoms with Crippen molar-refractivity contribution >= 4 is 17.6 Å². The van der Waals surface area contributed by atoms with Crippen LogP contribution in [0.2, 0.25) is 0 Å². The average Bonchev–Trinajstić information content (AvgIpc) is 2.99. The second-order valence-electron chi connectivity index (χ2n) is 7.82. The van der Waals surface area contributed by atoms with Crippen LogP contribution in [0, 0.1) is 12.8 Å². The van der Waals surface area contributed by atoms with Crippen LogP contribution in [0.4, 0.5) is 5.69 Å². The second kappa shape index (κ2) is 7.55. The molecular formula is C23H27N3O. The number of benzene rings is 2. The molecule has 1 fully saturated rings. The highest BCUT2D eigenvalue weighted by Crippen LogP contribution is 2.28. The molecule has 1 atom stereocenters. The van der Waals surface area contributed by atoms with Crippen LogP contribution in [-0.4, -0.2) is 35.9 Å². The van der Waals surface area contributed by atoms with E-state index < -0.39 is 0 Å². The third-order valence-corrected chi connectivity index (χ3v) is 5.57. The number of aliphatic imine (C=N–C) groups is 1. The number of hydrogen-bond acceptors (Lipinski definition) is 3. The SMILES string of the molecule is Cc1cccc(N2C(=O)C(Cc3ccccc3)N=C2N2CCC(C)CC2)c1. The van der Waals surface area contributed by atoms with Gasteiger partial charge < -0.3 is 4.90 Å². The number of nitrogens with zero attached hydrogens (tertiary/aromatic N) is 3. The Bertz CT molecular complexity index is 838. The Hall–Kier alpha value is -2.62. The van der Waals surface area contributed by atoms with Gasteiger partial charge >= 0.3 is 0 Å². The number of hydrogen-bond donors (Lipinski definition) is 0. The first kappa shape index (κ1) is 17.8. The number of rotatable bonds is 3. The minimum Gasteiger partial charge on any atom is -0.342 e. The van der Waals surface area contributed by atoms with Crippen LogP contribution in [0.5, 0.6) is 0 Å². The number of aryl methyl sites for hydroxylation is 1. The molecule has 1 saturated heterocycles. The van der Waals surface area contributed by atoms with Crippen molar-refractivity contribution in [3.63, 3.8) is 0 Å². The van der Waals surface area contributed by atoms with E-state index in [9.17, 15) is 4.79 Å². The van der Waals surface area contributed by atoms with E-state index in [1.54, 1.807) is 0 Å². The van der Waals surface area contributed by atoms with Crippen molar-refractivity contribution in [1.82, 2.24) is 4.90 Å². The van der Waals surface area contributed by atoms with Crippen LogP contribution in [0.15, 0.2) is 59.6 Å². The summed E-state index contributed by atoms with van der Waals surface area (Å²) in [5.41, 5.74) is 3.23. The van der Waals surface area contributed by atoms with E-state index >= 15 is 0 Å². The van der Waals surface area contributed by atoms with Gasteiger partial charge in [-0.1, -0.05) is 49.4 Å². The minimum atomic E-state index is -0.345. The summed E-state index contributed by atoms with van der Waals surface area (Å²) >= 11 is 0. The van der Waals surface area contributed by atoms with Crippen molar-refractivity contribution < 1.29 is 4.79 Å². The van der Waals surface area contributed by atoms with Gasteiger partial charge in [-0.2, -0.15) is 0 Å². The van der Waals surface area contributed by atoms with Gasteiger partial charge in [-0.15, -0.1) is 0 Å². The van der Waals surface area contributed by atoms with Crippen molar-refractivity contribution in [1.29, 1.82) is 0 Å². The average molecular weight is 361 g/mol. The molecule has 1 amide bonds. The molecule has 1 unspecified atom stereocenters. The quantitative estimate of drug-likeness (QED) is 0.827. The van der Waals surface area contributed by atoms with Crippen molar-refractivity contribution in [2.24, 2.45) is 10.9 Å². The lowest BCUT2D eigenvalue weighted by Gasteiger charge is -2.34. The van der Waals surface area contributed by atoms with Crippen LogP contribution in [0.1, 0.15) is 30.9 Å². The van der Waals surface area contributed by atoms with Crippen LogP contribution in [0.25, 0.3) is 0 Å². The molecule has 2 aliphatic rings. The molecule has 0 spiro atoms. The van der Waals surface area contributed by atoms with Gasteiger partial charge in [0.25, 0.3) is 5.91 Å². The van der Waals surface area contributed by atoms with E-state index in [1.165, 1.54) is 0 Å². The second-order valence-corrected chi connectivity index (χ2v) is 7.82. The summed E-state index contributed by atoms with van der Waals surface area (Å²) < 4.78 is 0. The molecule has 0 aliphatic carbocycles. The fraction of sp³-hybridized carbons (Fsp3) is 0.391. The van der Waals surface area contributed by atoms with Crippen LogP contribution < -0.4 is 4.90 Å². The Balaban J connectivity index is 1.65. The predicted molar refractivity (Wildman–Crippen MR) is 110 cm³/mol. The first-order valence-electron chi connectivity index (χ1n) is 9.89. The van der Waals surface area contributed by atoms with Gasteiger partial charge in [0.2, 0.25) is 5.96 Å². The van der Waals surface area contributed by atoms with Crippen LogP contribution in [0.3, 0.4) is 0 Å². The van der Waals surface area contributed by atoms with Gasteiger partial charge in [0.05, 0.1) is 5.69 Å². The molecule has 0 saturated carbocycles. The third-order valence-electron chi connectivity index (χ3n) is 5.57. The standard InChI is InChI=1S/C23H27N3O/c1-17-11-13-25(14-12-17)23-24-21(16-19-8-4-3-5-9-19)22(27)26(23)20-10-6-7-18(2)15-20/h3-10,15,17,21H,11-14,16H2,1-2H3. The van der Waals surface area contributed by atoms with Crippen molar-refractivity contribution in [3.8, 4) is 0 Å². The molecule has 0 N–H and O–H groups in total. The Labute approximate surface area is 161 Å². The van der Waals surface area contributed by atoms with Crippen molar-refractivity contribution in [2.45, 2.75) is 39.2 Å². The number of carbonyl (C=O) groups excluding carboxylic acids is 1. The molecule has 0 radical (unpaired) electrons. The molecule has 2 aliphatic heterocycles. The zero-order valence-corrected chi connectivity index (χ0v) is 16.1. The molecule has 4 heteroatoms. The van der Waals surface area contributed by atoms with Crippen LogP contribution >= 0.6 is 0 Å². The largest absolute Gasteiger partial charge is 0.342 e. The van der Waals surface area contributed by atoms with E-state index in [2.05, 4.69) is 43.0 Å². The Morgan fingerprint density at radius 1 is 1.04 bits per heavy atom. The smallest absolute Gasteiger partial charge is 0.259 e. The lowest BCUT2D eigenvalue weighted by Crippen LogP contribution is -2.47. The van der Waals surface area contributed by atoms with E-state index in [4.69, 9.17) is 4.99 Å². The lowest BCUT2D eigenvalue weighted by atomic mass is 9.99. The molecule has 0 aromatic heterocycles. The first-order chi connectivity index (χ1) is 13.1. The Morgan fingerprint density at radius 2 is 1.78 bits per heavy atom. The highest BCUT2D eigenvalue weighted by molar-refractivity contribution is 6.22. The highest BCUT2D eigenvalue weighted by Gasteiger charge is 2.39. The van der Waals surface area contributed by atoms with Gasteiger partial charge in [0.15, 0.2) is 0 Å². The molecule has 2 aromatic carbocycles. The van der Waals surface area contributed by atoms with Crippen molar-refractivity contribution in [2.75, 3.05) is 18.0 Å². The molecule has 4 nitrogen and oxygen atoms in total. The number of likely N-dealkylation sites (tertiary alicyclic amines) is 1. The fourth-order valence-electron chi connectivity index (χ4n) is 3.91. The highest BCUT2D eigenvalue weighted by atomic mass is 16.2. The van der Waals surface area contributed by atoms with Gasteiger partial charge in [0, 0.05) is 19.5 Å². The lowest BCUT2D eigenvalue weighted by molar-refractivity contribution is -0.118. The van der Waals surface area contributed by atoms with E-state index in [-0.39, 0.29) is 11.9 Å². The fourth-order valence-corrected chi connectivity index (χ4v) is 3.91. The molecule has 2 aromatic rings. The molecule has 4 rings (SSSR count). The van der Waals surface area contributed by atoms with Gasteiger partial charge in [-0.05, 0) is 48.9 Å². The summed E-state index contributed by atoms with van der Waals surface area (Å²) in [7, 11) is 0. The summed E-state index contributed by atoms with van der Waals surface area (Å²) in [4.78, 5) is 22.4. The van der Waals surface area contributed by atoms with Crippen LogP contribution in [-0.2, 0) is 11.2 Å². The number of carbonyl (C=O) groups is 1. The maximum atomic E-state index is 13.3. The summed E-state index contributed by atoms with van der Waals surface area (Å²) in [5, 5.41) is 0. The summed E-state index contributed by atoms with van der Waals surface area (Å²) in [6.07, 6.45) is 2.95. The number of amides is 1. The van der Waals surface area contributed by atoms with Gasteiger partial charge in [-0.3, -0.25) is 4.79 Å². The Morgan fingerprint density at radius 3 is 2.48 bits per heavy atom.